The number of hydrogen-bond donors (Lipinski definition) is 1. The summed E-state index contributed by atoms with van der Waals surface area (Å²) in [4.78, 5) is 22.9. The number of carbonyl (C=O) groups excluding carboxylic acids is 2. The van der Waals surface area contributed by atoms with Crippen LogP contribution in [0.3, 0.4) is 0 Å². The number of unbranched alkanes of at least 4 members (excludes halogenated alkanes) is 3. The average Bonchev–Trinajstić information content (AvgIpc) is 2.57. The minimum absolute atomic E-state index is 0.131. The molecule has 5 heteroatoms. The number of alkyl carbamates (subject to hydrolysis) is 1. The number of amides is 1. The summed E-state index contributed by atoms with van der Waals surface area (Å²) in [7, 11) is 0. The molecule has 0 aromatic heterocycles. The van der Waals surface area contributed by atoms with Crippen LogP contribution in [0, 0.1) is 0 Å². The zero-order chi connectivity index (χ0) is 16.8. The summed E-state index contributed by atoms with van der Waals surface area (Å²) in [6, 6.07) is 9.55. The smallest absolute Gasteiger partial charge is 0.407 e. The van der Waals surface area contributed by atoms with Crippen LogP contribution in [-0.4, -0.2) is 25.2 Å². The van der Waals surface area contributed by atoms with Crippen LogP contribution in [0.5, 0.6) is 0 Å². The van der Waals surface area contributed by atoms with Crippen LogP contribution in [-0.2, 0) is 20.9 Å². The Hall–Kier alpha value is -2.04. The van der Waals surface area contributed by atoms with Crippen LogP contribution in [0.25, 0.3) is 0 Å². The number of nitrogens with one attached hydrogen (secondary N) is 1. The first-order valence-electron chi connectivity index (χ1n) is 8.32. The highest BCUT2D eigenvalue weighted by molar-refractivity contribution is 5.69. The van der Waals surface area contributed by atoms with Gasteiger partial charge in [0, 0.05) is 13.0 Å². The zero-order valence-electron chi connectivity index (χ0n) is 13.9. The molecule has 0 spiro atoms. The van der Waals surface area contributed by atoms with Gasteiger partial charge in [-0.15, -0.1) is 0 Å². The molecular formula is C18H27NO4. The van der Waals surface area contributed by atoms with Gasteiger partial charge >= 0.3 is 12.1 Å². The quantitative estimate of drug-likeness (QED) is 0.497. The van der Waals surface area contributed by atoms with Crippen molar-refractivity contribution in [1.29, 1.82) is 0 Å². The molecule has 0 fully saturated rings. The van der Waals surface area contributed by atoms with Gasteiger partial charge in [0.2, 0.25) is 0 Å². The molecule has 1 N–H and O–H groups in total. The third-order valence-electron chi connectivity index (χ3n) is 3.30. The van der Waals surface area contributed by atoms with Crippen molar-refractivity contribution in [2.24, 2.45) is 0 Å². The molecule has 0 aliphatic carbocycles. The van der Waals surface area contributed by atoms with Gasteiger partial charge in [-0.25, -0.2) is 4.79 Å². The van der Waals surface area contributed by atoms with E-state index in [2.05, 4.69) is 12.2 Å². The van der Waals surface area contributed by atoms with Crippen molar-refractivity contribution >= 4 is 12.1 Å². The molecule has 0 aliphatic heterocycles. The molecule has 0 saturated heterocycles. The molecule has 1 amide bonds. The second-order valence-corrected chi connectivity index (χ2v) is 5.37. The van der Waals surface area contributed by atoms with E-state index in [9.17, 15) is 9.59 Å². The predicted octanol–water partition coefficient (Wildman–Crippen LogP) is 3.82. The van der Waals surface area contributed by atoms with Crippen molar-refractivity contribution in [3.05, 3.63) is 35.9 Å². The van der Waals surface area contributed by atoms with Crippen LogP contribution in [0.1, 0.15) is 51.0 Å². The molecule has 0 bridgehead atoms. The van der Waals surface area contributed by atoms with Crippen LogP contribution in [0.4, 0.5) is 4.79 Å². The van der Waals surface area contributed by atoms with E-state index in [4.69, 9.17) is 9.47 Å². The van der Waals surface area contributed by atoms with Gasteiger partial charge in [-0.3, -0.25) is 4.79 Å². The summed E-state index contributed by atoms with van der Waals surface area (Å²) in [5.41, 5.74) is 0.962. The molecule has 1 aromatic rings. The molecule has 128 valence electrons. The highest BCUT2D eigenvalue weighted by atomic mass is 16.5. The van der Waals surface area contributed by atoms with Gasteiger partial charge < -0.3 is 14.8 Å². The average molecular weight is 321 g/mol. The van der Waals surface area contributed by atoms with Crippen LogP contribution >= 0.6 is 0 Å². The first-order chi connectivity index (χ1) is 11.2. The maximum Gasteiger partial charge on any atom is 0.407 e. The van der Waals surface area contributed by atoms with Gasteiger partial charge in [-0.2, -0.15) is 0 Å². The van der Waals surface area contributed by atoms with E-state index in [0.717, 1.165) is 37.7 Å². The lowest BCUT2D eigenvalue weighted by Crippen LogP contribution is -2.25. The fourth-order valence-electron chi connectivity index (χ4n) is 1.94. The van der Waals surface area contributed by atoms with Crippen LogP contribution < -0.4 is 5.32 Å². The summed E-state index contributed by atoms with van der Waals surface area (Å²) in [6.07, 6.45) is 4.46. The Morgan fingerprint density at radius 3 is 2.52 bits per heavy atom. The molecule has 5 nitrogen and oxygen atoms in total. The molecule has 0 radical (unpaired) electrons. The Balaban J connectivity index is 1.94. The Labute approximate surface area is 138 Å². The first-order valence-corrected chi connectivity index (χ1v) is 8.32. The van der Waals surface area contributed by atoms with Gasteiger partial charge in [-0.1, -0.05) is 50.1 Å². The third-order valence-corrected chi connectivity index (χ3v) is 3.30. The van der Waals surface area contributed by atoms with Gasteiger partial charge in [0.1, 0.15) is 6.61 Å². The van der Waals surface area contributed by atoms with E-state index in [1.807, 2.05) is 30.3 Å². The van der Waals surface area contributed by atoms with Gasteiger partial charge in [0.15, 0.2) is 0 Å². The minimum atomic E-state index is -0.409. The maximum absolute atomic E-state index is 11.5. The minimum Gasteiger partial charge on any atom is -0.466 e. The summed E-state index contributed by atoms with van der Waals surface area (Å²) < 4.78 is 10.2. The third kappa shape index (κ3) is 10.3. The number of carbonyl (C=O) groups is 2. The SMILES string of the molecule is CCCCOC(=O)CCCCCNC(=O)OCc1ccccc1. The fraction of sp³-hybridized carbons (Fsp3) is 0.556. The van der Waals surface area contributed by atoms with Gasteiger partial charge in [0.05, 0.1) is 6.61 Å². The van der Waals surface area contributed by atoms with E-state index in [1.165, 1.54) is 0 Å². The largest absolute Gasteiger partial charge is 0.466 e. The van der Waals surface area contributed by atoms with Gasteiger partial charge in [-0.05, 0) is 24.8 Å². The molecule has 1 aromatic carbocycles. The zero-order valence-corrected chi connectivity index (χ0v) is 13.9. The molecule has 0 unspecified atom stereocenters. The monoisotopic (exact) mass is 321 g/mol. The lowest BCUT2D eigenvalue weighted by atomic mass is 10.2. The lowest BCUT2D eigenvalue weighted by Gasteiger charge is -2.07. The molecule has 0 aliphatic rings. The van der Waals surface area contributed by atoms with E-state index in [1.54, 1.807) is 0 Å². The van der Waals surface area contributed by atoms with Crippen molar-refractivity contribution in [3.63, 3.8) is 0 Å². The highest BCUT2D eigenvalue weighted by Gasteiger charge is 2.04. The number of ether oxygens (including phenoxy) is 2. The van der Waals surface area contributed by atoms with Crippen molar-refractivity contribution < 1.29 is 19.1 Å². The van der Waals surface area contributed by atoms with E-state index < -0.39 is 6.09 Å². The molecule has 23 heavy (non-hydrogen) atoms. The number of esters is 1. The predicted molar refractivity (Wildman–Crippen MR) is 89.0 cm³/mol. The number of benzene rings is 1. The summed E-state index contributed by atoms with van der Waals surface area (Å²) in [5.74, 6) is -0.131. The highest BCUT2D eigenvalue weighted by Crippen LogP contribution is 2.03. The Bertz CT molecular complexity index is 448. The summed E-state index contributed by atoms with van der Waals surface area (Å²) in [6.45, 7) is 3.41. The normalized spacial score (nSPS) is 10.1. The molecule has 0 heterocycles. The van der Waals surface area contributed by atoms with E-state index >= 15 is 0 Å². The van der Waals surface area contributed by atoms with Crippen molar-refractivity contribution in [1.82, 2.24) is 5.32 Å². The van der Waals surface area contributed by atoms with E-state index in [-0.39, 0.29) is 12.6 Å². The van der Waals surface area contributed by atoms with E-state index in [0.29, 0.717) is 19.6 Å². The van der Waals surface area contributed by atoms with Crippen LogP contribution in [0.2, 0.25) is 0 Å². The van der Waals surface area contributed by atoms with Gasteiger partial charge in [0.25, 0.3) is 0 Å². The fourth-order valence-corrected chi connectivity index (χ4v) is 1.94. The molecule has 0 saturated carbocycles. The Kier molecular flexibility index (Phi) is 10.3. The summed E-state index contributed by atoms with van der Waals surface area (Å²) in [5, 5.41) is 2.71. The number of hydrogen-bond acceptors (Lipinski definition) is 4. The Morgan fingerprint density at radius 2 is 1.78 bits per heavy atom. The Morgan fingerprint density at radius 1 is 1.00 bits per heavy atom. The number of rotatable bonds is 11. The molecular weight excluding hydrogens is 294 g/mol. The topological polar surface area (TPSA) is 64.6 Å². The van der Waals surface area contributed by atoms with Crippen molar-refractivity contribution in [2.45, 2.75) is 52.1 Å². The molecule has 0 atom stereocenters. The lowest BCUT2D eigenvalue weighted by molar-refractivity contribution is -0.143. The second-order valence-electron chi connectivity index (χ2n) is 5.37. The van der Waals surface area contributed by atoms with Crippen molar-refractivity contribution in [2.75, 3.05) is 13.2 Å². The first kappa shape index (κ1) is 19.0. The molecule has 1 rings (SSSR count). The maximum atomic E-state index is 11.5. The van der Waals surface area contributed by atoms with Crippen LogP contribution in [0.15, 0.2) is 30.3 Å². The standard InChI is InChI=1S/C18H27NO4/c1-2-3-14-22-17(20)12-8-5-9-13-19-18(21)23-15-16-10-6-4-7-11-16/h4,6-7,10-11H,2-3,5,8-9,12-15H2,1H3,(H,19,21). The van der Waals surface area contributed by atoms with Crippen molar-refractivity contribution in [3.8, 4) is 0 Å². The second kappa shape index (κ2) is 12.5. The summed E-state index contributed by atoms with van der Waals surface area (Å²) >= 11 is 0.